The Hall–Kier alpha value is -2.46. The van der Waals surface area contributed by atoms with Crippen LogP contribution in [0, 0.1) is 5.92 Å². The van der Waals surface area contributed by atoms with Gasteiger partial charge in [-0.05, 0) is 86.4 Å². The summed E-state index contributed by atoms with van der Waals surface area (Å²) in [4.78, 5) is 13.1. The molecule has 0 aromatic heterocycles. The molecule has 0 heterocycles. The molecule has 1 atom stereocenters. The third-order valence-corrected chi connectivity index (χ3v) is 5.53. The van der Waals surface area contributed by atoms with Gasteiger partial charge in [-0.25, -0.2) is 0 Å². The van der Waals surface area contributed by atoms with Crippen molar-refractivity contribution in [3.05, 3.63) is 70.8 Å². The molecular formula is C26H32N2OS. The highest BCUT2D eigenvalue weighted by Crippen LogP contribution is 2.32. The Morgan fingerprint density at radius 3 is 1.90 bits per heavy atom. The van der Waals surface area contributed by atoms with Crippen LogP contribution in [0.15, 0.2) is 59.7 Å². The largest absolute Gasteiger partial charge is 0.383 e. The molecule has 1 unspecified atom stereocenters. The Morgan fingerprint density at radius 1 is 0.933 bits per heavy atom. The first-order valence-corrected chi connectivity index (χ1v) is 12.0. The summed E-state index contributed by atoms with van der Waals surface area (Å²) < 4.78 is 0. The number of hydrogen-bond donors (Lipinski definition) is 2. The Balaban J connectivity index is 1.77. The monoisotopic (exact) mass is 420 g/mol. The van der Waals surface area contributed by atoms with Crippen molar-refractivity contribution in [1.82, 2.24) is 0 Å². The SMILES string of the molecule is CSCNc1ccc(/C=C2\CC(C)C/C(=C\c3ccc(NC(C)C)cc3)C2=O)cc1. The molecule has 158 valence electrons. The second kappa shape index (κ2) is 10.5. The molecule has 1 saturated carbocycles. The smallest absolute Gasteiger partial charge is 0.185 e. The highest BCUT2D eigenvalue weighted by atomic mass is 32.2. The normalized spacial score (nSPS) is 19.5. The predicted octanol–water partition coefficient (Wildman–Crippen LogP) is 6.71. The first-order chi connectivity index (χ1) is 14.4. The van der Waals surface area contributed by atoms with Crippen LogP contribution >= 0.6 is 11.8 Å². The highest BCUT2D eigenvalue weighted by molar-refractivity contribution is 7.98. The molecule has 3 rings (SSSR count). The molecule has 30 heavy (non-hydrogen) atoms. The summed E-state index contributed by atoms with van der Waals surface area (Å²) in [5.41, 5.74) is 6.17. The van der Waals surface area contributed by atoms with Crippen LogP contribution in [0.5, 0.6) is 0 Å². The van der Waals surface area contributed by atoms with E-state index in [1.165, 1.54) is 0 Å². The molecule has 1 fully saturated rings. The molecule has 2 N–H and O–H groups in total. The van der Waals surface area contributed by atoms with Gasteiger partial charge in [0.25, 0.3) is 0 Å². The van der Waals surface area contributed by atoms with Crippen molar-refractivity contribution >= 4 is 41.1 Å². The van der Waals surface area contributed by atoms with Gasteiger partial charge in [0.1, 0.15) is 0 Å². The van der Waals surface area contributed by atoms with Gasteiger partial charge in [0, 0.05) is 28.6 Å². The highest BCUT2D eigenvalue weighted by Gasteiger charge is 2.25. The summed E-state index contributed by atoms with van der Waals surface area (Å²) >= 11 is 1.76. The molecule has 1 aliphatic carbocycles. The summed E-state index contributed by atoms with van der Waals surface area (Å²) in [6.07, 6.45) is 7.85. The fourth-order valence-corrected chi connectivity index (χ4v) is 4.04. The summed E-state index contributed by atoms with van der Waals surface area (Å²) in [5.74, 6) is 1.53. The first-order valence-electron chi connectivity index (χ1n) is 10.6. The summed E-state index contributed by atoms with van der Waals surface area (Å²) in [5, 5.41) is 6.75. The number of rotatable bonds is 7. The lowest BCUT2D eigenvalue weighted by molar-refractivity contribution is -0.113. The van der Waals surface area contributed by atoms with Crippen molar-refractivity contribution in [2.75, 3.05) is 22.8 Å². The number of anilines is 2. The number of hydrogen-bond acceptors (Lipinski definition) is 4. The van der Waals surface area contributed by atoms with Gasteiger partial charge in [-0.3, -0.25) is 4.79 Å². The van der Waals surface area contributed by atoms with E-state index in [1.807, 2.05) is 0 Å². The third kappa shape index (κ3) is 6.27. The van der Waals surface area contributed by atoms with E-state index in [-0.39, 0.29) is 5.78 Å². The fourth-order valence-electron chi connectivity index (χ4n) is 3.73. The molecule has 0 radical (unpaired) electrons. The van der Waals surface area contributed by atoms with Crippen LogP contribution in [0.4, 0.5) is 11.4 Å². The molecule has 0 aliphatic heterocycles. The molecule has 0 spiro atoms. The first kappa shape index (κ1) is 22.2. The van der Waals surface area contributed by atoms with E-state index in [1.54, 1.807) is 11.8 Å². The van der Waals surface area contributed by atoms with E-state index >= 15 is 0 Å². The van der Waals surface area contributed by atoms with Gasteiger partial charge in [0.15, 0.2) is 5.78 Å². The predicted molar refractivity (Wildman–Crippen MR) is 133 cm³/mol. The lowest BCUT2D eigenvalue weighted by Gasteiger charge is -2.22. The van der Waals surface area contributed by atoms with E-state index in [4.69, 9.17) is 0 Å². The van der Waals surface area contributed by atoms with Crippen LogP contribution in [0.1, 0.15) is 44.7 Å². The molecule has 0 bridgehead atoms. The maximum Gasteiger partial charge on any atom is 0.185 e. The molecule has 2 aromatic carbocycles. The van der Waals surface area contributed by atoms with Crippen LogP contribution in [-0.4, -0.2) is 24.0 Å². The van der Waals surface area contributed by atoms with E-state index in [0.29, 0.717) is 12.0 Å². The van der Waals surface area contributed by atoms with Gasteiger partial charge in [-0.1, -0.05) is 31.2 Å². The average Bonchev–Trinajstić information content (AvgIpc) is 2.72. The molecule has 3 nitrogen and oxygen atoms in total. The maximum atomic E-state index is 13.1. The zero-order chi connectivity index (χ0) is 21.5. The minimum absolute atomic E-state index is 0.182. The summed E-state index contributed by atoms with van der Waals surface area (Å²) in [6, 6.07) is 17.0. The van der Waals surface area contributed by atoms with Crippen molar-refractivity contribution in [1.29, 1.82) is 0 Å². The zero-order valence-corrected chi connectivity index (χ0v) is 19.2. The van der Waals surface area contributed by atoms with E-state index < -0.39 is 0 Å². The van der Waals surface area contributed by atoms with Crippen molar-refractivity contribution in [3.63, 3.8) is 0 Å². The average molecular weight is 421 g/mol. The van der Waals surface area contributed by atoms with Gasteiger partial charge in [-0.15, -0.1) is 11.8 Å². The Bertz CT molecular complexity index is 911. The molecule has 0 saturated heterocycles. The summed E-state index contributed by atoms with van der Waals surface area (Å²) in [7, 11) is 0. The van der Waals surface area contributed by atoms with Gasteiger partial charge in [-0.2, -0.15) is 0 Å². The number of Topliss-reactive ketones (excluding diaryl/α,β-unsaturated/α-hetero) is 1. The molecular weight excluding hydrogens is 388 g/mol. The van der Waals surface area contributed by atoms with E-state index in [2.05, 4.69) is 98.3 Å². The number of carbonyl (C=O) groups excluding carboxylic acids is 1. The van der Waals surface area contributed by atoms with Crippen LogP contribution in [0.2, 0.25) is 0 Å². The zero-order valence-electron chi connectivity index (χ0n) is 18.4. The second-order valence-corrected chi connectivity index (χ2v) is 9.20. The number of ketones is 1. The molecule has 4 heteroatoms. The summed E-state index contributed by atoms with van der Waals surface area (Å²) in [6.45, 7) is 6.47. The lowest BCUT2D eigenvalue weighted by Crippen LogP contribution is -2.18. The number of allylic oxidation sites excluding steroid dienone is 2. The third-order valence-electron chi connectivity index (χ3n) is 5.10. The topological polar surface area (TPSA) is 41.1 Å². The van der Waals surface area contributed by atoms with Crippen LogP contribution in [0.3, 0.4) is 0 Å². The number of nitrogens with one attached hydrogen (secondary N) is 2. The van der Waals surface area contributed by atoms with Gasteiger partial charge < -0.3 is 10.6 Å². The van der Waals surface area contributed by atoms with Crippen LogP contribution in [-0.2, 0) is 4.79 Å². The van der Waals surface area contributed by atoms with Crippen LogP contribution in [0.25, 0.3) is 12.2 Å². The minimum Gasteiger partial charge on any atom is -0.383 e. The number of carbonyl (C=O) groups is 1. The molecule has 0 amide bonds. The standard InChI is InChI=1S/C26H32N2OS/c1-18(2)28-25-11-7-21(8-12-25)16-23-14-19(3)13-22(26(23)29)15-20-5-9-24(10-6-20)27-17-30-4/h5-12,15-16,18-19,27-28H,13-14,17H2,1-4H3/b22-15+,23-16+. The maximum absolute atomic E-state index is 13.1. The van der Waals surface area contributed by atoms with Crippen LogP contribution < -0.4 is 10.6 Å². The Labute approximate surface area is 185 Å². The molecule has 2 aromatic rings. The number of benzene rings is 2. The van der Waals surface area contributed by atoms with Crippen molar-refractivity contribution < 1.29 is 4.79 Å². The van der Waals surface area contributed by atoms with Gasteiger partial charge >= 0.3 is 0 Å². The second-order valence-electron chi connectivity index (χ2n) is 8.33. The lowest BCUT2D eigenvalue weighted by atomic mass is 9.81. The Morgan fingerprint density at radius 2 is 1.43 bits per heavy atom. The van der Waals surface area contributed by atoms with Gasteiger partial charge in [0.05, 0.1) is 5.88 Å². The minimum atomic E-state index is 0.182. The van der Waals surface area contributed by atoms with Gasteiger partial charge in [0.2, 0.25) is 0 Å². The van der Waals surface area contributed by atoms with E-state index in [0.717, 1.165) is 52.4 Å². The van der Waals surface area contributed by atoms with Crippen molar-refractivity contribution in [3.8, 4) is 0 Å². The quantitative estimate of drug-likeness (QED) is 0.386. The molecule has 1 aliphatic rings. The Kier molecular flexibility index (Phi) is 7.81. The van der Waals surface area contributed by atoms with Crippen molar-refractivity contribution in [2.24, 2.45) is 5.92 Å². The van der Waals surface area contributed by atoms with Crippen molar-refractivity contribution in [2.45, 2.75) is 39.7 Å². The fraction of sp³-hybridized carbons (Fsp3) is 0.346. The van der Waals surface area contributed by atoms with E-state index in [9.17, 15) is 4.79 Å². The number of thioether (sulfide) groups is 1.